The number of aromatic carboxylic acids is 1. The third-order valence-corrected chi connectivity index (χ3v) is 4.11. The summed E-state index contributed by atoms with van der Waals surface area (Å²) >= 11 is 0. The second-order valence-corrected chi connectivity index (χ2v) is 6.52. The second-order valence-electron chi connectivity index (χ2n) is 6.52. The molecule has 0 radical (unpaired) electrons. The number of rotatable bonds is 5. The van der Waals surface area contributed by atoms with Gasteiger partial charge in [0, 0.05) is 6.54 Å². The van der Waals surface area contributed by atoms with Crippen molar-refractivity contribution in [1.82, 2.24) is 20.3 Å². The quantitative estimate of drug-likeness (QED) is 0.853. The van der Waals surface area contributed by atoms with Gasteiger partial charge in [-0.15, -0.1) is 5.10 Å². The van der Waals surface area contributed by atoms with Crippen molar-refractivity contribution in [3.8, 4) is 0 Å². The van der Waals surface area contributed by atoms with Crippen molar-refractivity contribution in [3.63, 3.8) is 0 Å². The Bertz CT molecular complexity index is 514. The summed E-state index contributed by atoms with van der Waals surface area (Å²) in [5.41, 5.74) is 0.270. The topological polar surface area (TPSA) is 97.1 Å². The summed E-state index contributed by atoms with van der Waals surface area (Å²) in [5.74, 6) is -0.777. The van der Waals surface area contributed by atoms with Crippen molar-refractivity contribution in [1.29, 1.82) is 0 Å². The normalized spacial score (nSPS) is 18.4. The molecule has 1 heterocycles. The highest BCUT2D eigenvalue weighted by atomic mass is 16.4. The Balaban J connectivity index is 1.73. The second kappa shape index (κ2) is 6.24. The van der Waals surface area contributed by atoms with Gasteiger partial charge in [-0.2, -0.15) is 0 Å². The number of carbonyl (C=O) groups is 2. The summed E-state index contributed by atoms with van der Waals surface area (Å²) in [6.45, 7) is 5.24. The van der Waals surface area contributed by atoms with Gasteiger partial charge < -0.3 is 10.4 Å². The minimum absolute atomic E-state index is 0.00149. The summed E-state index contributed by atoms with van der Waals surface area (Å²) < 4.78 is 1.24. The first-order valence-corrected chi connectivity index (χ1v) is 7.26. The average molecular weight is 294 g/mol. The van der Waals surface area contributed by atoms with Crippen molar-refractivity contribution in [2.45, 2.75) is 46.1 Å². The van der Waals surface area contributed by atoms with E-state index in [0.717, 1.165) is 12.8 Å². The molecule has 0 aliphatic heterocycles. The Morgan fingerprint density at radius 2 is 2.10 bits per heavy atom. The zero-order valence-electron chi connectivity index (χ0n) is 12.5. The summed E-state index contributed by atoms with van der Waals surface area (Å²) in [7, 11) is 0. The van der Waals surface area contributed by atoms with E-state index < -0.39 is 5.97 Å². The van der Waals surface area contributed by atoms with Crippen LogP contribution in [0.15, 0.2) is 6.20 Å². The van der Waals surface area contributed by atoms with E-state index in [-0.39, 0.29) is 18.1 Å². The number of hydrogen-bond acceptors (Lipinski definition) is 4. The van der Waals surface area contributed by atoms with Crippen molar-refractivity contribution in [3.05, 3.63) is 11.9 Å². The number of nitrogens with zero attached hydrogens (tertiary/aromatic N) is 3. The third-order valence-electron chi connectivity index (χ3n) is 4.11. The Morgan fingerprint density at radius 3 is 2.67 bits per heavy atom. The molecular formula is C14H22N4O3. The molecule has 0 unspecified atom stereocenters. The van der Waals surface area contributed by atoms with Gasteiger partial charge in [-0.1, -0.05) is 19.1 Å². The lowest BCUT2D eigenvalue weighted by atomic mass is 9.73. The Hall–Kier alpha value is -1.92. The first-order chi connectivity index (χ1) is 9.85. The van der Waals surface area contributed by atoms with Crippen molar-refractivity contribution in [2.75, 3.05) is 6.54 Å². The number of carbonyl (C=O) groups excluding carboxylic acids is 1. The fourth-order valence-electron chi connectivity index (χ4n) is 2.60. The lowest BCUT2D eigenvalue weighted by Gasteiger charge is -2.34. The zero-order valence-corrected chi connectivity index (χ0v) is 12.5. The average Bonchev–Trinajstić information content (AvgIpc) is 2.86. The fraction of sp³-hybridized carbons (Fsp3) is 0.714. The van der Waals surface area contributed by atoms with E-state index in [2.05, 4.69) is 29.5 Å². The molecule has 1 aliphatic rings. The number of hydrogen-bond donors (Lipinski definition) is 2. The van der Waals surface area contributed by atoms with Gasteiger partial charge in [0.25, 0.3) is 0 Å². The highest BCUT2D eigenvalue weighted by Crippen LogP contribution is 2.37. The van der Waals surface area contributed by atoms with Gasteiger partial charge in [-0.3, -0.25) is 4.79 Å². The van der Waals surface area contributed by atoms with Crippen LogP contribution in [0.2, 0.25) is 0 Å². The Kier molecular flexibility index (Phi) is 4.59. The molecular weight excluding hydrogens is 272 g/mol. The number of aromatic nitrogens is 3. The van der Waals surface area contributed by atoms with Gasteiger partial charge in [0.1, 0.15) is 6.54 Å². The molecule has 1 saturated carbocycles. The first kappa shape index (κ1) is 15.5. The Labute approximate surface area is 123 Å². The standard InChI is InChI=1S/C14H22N4O3/c1-14(2)5-3-10(4-6-14)7-15-12(19)9-18-8-11(13(20)21)16-17-18/h8,10H,3-7,9H2,1-2H3,(H,15,19)(H,20,21). The van der Waals surface area contributed by atoms with Crippen LogP contribution in [0, 0.1) is 11.3 Å². The number of carboxylic acid groups (broad SMARTS) is 1. The van der Waals surface area contributed by atoms with Crippen LogP contribution in [0.1, 0.15) is 50.0 Å². The summed E-state index contributed by atoms with van der Waals surface area (Å²) in [4.78, 5) is 22.5. The Morgan fingerprint density at radius 1 is 1.43 bits per heavy atom. The highest BCUT2D eigenvalue weighted by Gasteiger charge is 2.26. The molecule has 1 aromatic heterocycles. The maximum Gasteiger partial charge on any atom is 0.358 e. The van der Waals surface area contributed by atoms with Gasteiger partial charge in [-0.25, -0.2) is 9.48 Å². The summed E-state index contributed by atoms with van der Waals surface area (Å²) in [5, 5.41) is 18.7. The minimum atomic E-state index is -1.15. The van der Waals surface area contributed by atoms with E-state index in [1.54, 1.807) is 0 Å². The van der Waals surface area contributed by atoms with E-state index >= 15 is 0 Å². The highest BCUT2D eigenvalue weighted by molar-refractivity contribution is 5.84. The summed E-state index contributed by atoms with van der Waals surface area (Å²) in [6.07, 6.45) is 5.92. The lowest BCUT2D eigenvalue weighted by Crippen LogP contribution is -2.34. The van der Waals surface area contributed by atoms with E-state index in [9.17, 15) is 9.59 Å². The maximum absolute atomic E-state index is 11.8. The molecule has 0 spiro atoms. The molecule has 2 rings (SSSR count). The van der Waals surface area contributed by atoms with Crippen LogP contribution < -0.4 is 5.32 Å². The molecule has 21 heavy (non-hydrogen) atoms. The summed E-state index contributed by atoms with van der Waals surface area (Å²) in [6, 6.07) is 0. The predicted molar refractivity (Wildman–Crippen MR) is 75.7 cm³/mol. The van der Waals surface area contributed by atoms with Crippen LogP contribution in [0.4, 0.5) is 0 Å². The van der Waals surface area contributed by atoms with Crippen LogP contribution in [0.5, 0.6) is 0 Å². The molecule has 1 amide bonds. The van der Waals surface area contributed by atoms with Gasteiger partial charge in [0.15, 0.2) is 5.69 Å². The van der Waals surface area contributed by atoms with E-state index in [4.69, 9.17) is 5.11 Å². The molecule has 0 saturated heterocycles. The minimum Gasteiger partial charge on any atom is -0.476 e. The molecule has 116 valence electrons. The molecule has 7 heteroatoms. The number of amides is 1. The third kappa shape index (κ3) is 4.54. The molecule has 0 bridgehead atoms. The smallest absolute Gasteiger partial charge is 0.358 e. The molecule has 1 aromatic rings. The van der Waals surface area contributed by atoms with Gasteiger partial charge in [0.2, 0.25) is 5.91 Å². The van der Waals surface area contributed by atoms with Crippen molar-refractivity contribution in [2.24, 2.45) is 11.3 Å². The van der Waals surface area contributed by atoms with Gasteiger partial charge in [-0.05, 0) is 37.0 Å². The first-order valence-electron chi connectivity index (χ1n) is 7.26. The SMILES string of the molecule is CC1(C)CCC(CNC(=O)Cn2cc(C(=O)O)nn2)CC1. The van der Waals surface area contributed by atoms with Crippen LogP contribution in [-0.2, 0) is 11.3 Å². The van der Waals surface area contributed by atoms with Crippen LogP contribution in [0.3, 0.4) is 0 Å². The number of nitrogens with one attached hydrogen (secondary N) is 1. The molecule has 0 aromatic carbocycles. The van der Waals surface area contributed by atoms with Crippen LogP contribution >= 0.6 is 0 Å². The van der Waals surface area contributed by atoms with Gasteiger partial charge in [0.05, 0.1) is 6.20 Å². The fourth-order valence-corrected chi connectivity index (χ4v) is 2.60. The zero-order chi connectivity index (χ0) is 15.5. The van der Waals surface area contributed by atoms with Gasteiger partial charge >= 0.3 is 5.97 Å². The predicted octanol–water partition coefficient (Wildman–Crippen LogP) is 1.31. The van der Waals surface area contributed by atoms with Crippen molar-refractivity contribution < 1.29 is 14.7 Å². The van der Waals surface area contributed by atoms with E-state index in [0.29, 0.717) is 17.9 Å². The molecule has 1 fully saturated rings. The molecule has 2 N–H and O–H groups in total. The molecule has 0 atom stereocenters. The monoisotopic (exact) mass is 294 g/mol. The molecule has 1 aliphatic carbocycles. The maximum atomic E-state index is 11.8. The number of carboxylic acids is 1. The largest absolute Gasteiger partial charge is 0.476 e. The lowest BCUT2D eigenvalue weighted by molar-refractivity contribution is -0.122. The molecule has 7 nitrogen and oxygen atoms in total. The van der Waals surface area contributed by atoms with E-state index in [1.165, 1.54) is 23.7 Å². The van der Waals surface area contributed by atoms with E-state index in [1.807, 2.05) is 0 Å². The van der Waals surface area contributed by atoms with Crippen molar-refractivity contribution >= 4 is 11.9 Å². The van der Waals surface area contributed by atoms with Crippen LogP contribution in [0.25, 0.3) is 0 Å². The van der Waals surface area contributed by atoms with Crippen LogP contribution in [-0.4, -0.2) is 38.5 Å².